The van der Waals surface area contributed by atoms with Crippen molar-refractivity contribution in [3.63, 3.8) is 0 Å². The van der Waals surface area contributed by atoms with Gasteiger partial charge in [-0.25, -0.2) is 0 Å². The Morgan fingerprint density at radius 2 is 1.96 bits per heavy atom. The van der Waals surface area contributed by atoms with Gasteiger partial charge < -0.3 is 9.26 Å². The molecule has 0 aliphatic rings. The van der Waals surface area contributed by atoms with Crippen molar-refractivity contribution in [3.05, 3.63) is 58.6 Å². The summed E-state index contributed by atoms with van der Waals surface area (Å²) in [5, 5.41) is 6.92. The van der Waals surface area contributed by atoms with E-state index in [1.165, 1.54) is 0 Å². The number of halogens is 1. The number of aryl methyl sites for hydroxylation is 2. The van der Waals surface area contributed by atoms with Gasteiger partial charge in [0.05, 0.1) is 0 Å². The van der Waals surface area contributed by atoms with E-state index in [-0.39, 0.29) is 18.5 Å². The number of ether oxygens (including phenoxy) is 1. The number of nitrogens with zero attached hydrogens (tertiary/aromatic N) is 2. The quantitative estimate of drug-likeness (QED) is 0.746. The average molecular weight is 358 g/mol. The first kappa shape index (κ1) is 17.0. The fraction of sp³-hybridized carbons (Fsp3) is 0.167. The van der Waals surface area contributed by atoms with Crippen LogP contribution >= 0.6 is 11.6 Å². The van der Waals surface area contributed by atoms with Crippen molar-refractivity contribution >= 4 is 23.5 Å². The molecule has 2 aromatic carbocycles. The number of amides is 1. The van der Waals surface area contributed by atoms with E-state index in [9.17, 15) is 4.79 Å². The topological polar surface area (TPSA) is 77.2 Å². The van der Waals surface area contributed by atoms with Crippen LogP contribution in [0.25, 0.3) is 11.5 Å². The highest BCUT2D eigenvalue weighted by molar-refractivity contribution is 6.31. The molecule has 0 radical (unpaired) electrons. The molecule has 0 aliphatic carbocycles. The van der Waals surface area contributed by atoms with Gasteiger partial charge >= 0.3 is 0 Å². The Morgan fingerprint density at radius 1 is 1.20 bits per heavy atom. The number of carbonyl (C=O) groups excluding carboxylic acids is 1. The first-order valence-corrected chi connectivity index (χ1v) is 7.98. The maximum atomic E-state index is 11.9. The summed E-state index contributed by atoms with van der Waals surface area (Å²) in [6.07, 6.45) is 0. The van der Waals surface area contributed by atoms with Gasteiger partial charge in [0.25, 0.3) is 17.7 Å². The normalized spacial score (nSPS) is 10.5. The molecule has 0 saturated heterocycles. The molecular weight excluding hydrogens is 342 g/mol. The van der Waals surface area contributed by atoms with E-state index in [0.29, 0.717) is 16.7 Å². The Labute approximate surface area is 149 Å². The van der Waals surface area contributed by atoms with E-state index in [1.54, 1.807) is 18.2 Å². The van der Waals surface area contributed by atoms with Crippen LogP contribution in [-0.2, 0) is 4.79 Å². The fourth-order valence-corrected chi connectivity index (χ4v) is 2.22. The highest BCUT2D eigenvalue weighted by Gasteiger charge is 2.12. The Kier molecular flexibility index (Phi) is 5.00. The first-order chi connectivity index (χ1) is 12.0. The van der Waals surface area contributed by atoms with Crippen LogP contribution < -0.4 is 10.1 Å². The second-order valence-electron chi connectivity index (χ2n) is 5.54. The van der Waals surface area contributed by atoms with Crippen LogP contribution in [0.2, 0.25) is 5.02 Å². The minimum absolute atomic E-state index is 0.0939. The lowest BCUT2D eigenvalue weighted by Gasteiger charge is -2.06. The van der Waals surface area contributed by atoms with Crippen molar-refractivity contribution in [2.75, 3.05) is 11.9 Å². The Morgan fingerprint density at radius 3 is 2.68 bits per heavy atom. The lowest BCUT2D eigenvalue weighted by molar-refractivity contribution is -0.118. The van der Waals surface area contributed by atoms with E-state index in [0.717, 1.165) is 16.7 Å². The van der Waals surface area contributed by atoms with Gasteiger partial charge in [0, 0.05) is 10.6 Å². The van der Waals surface area contributed by atoms with Crippen LogP contribution in [0, 0.1) is 13.8 Å². The van der Waals surface area contributed by atoms with Gasteiger partial charge in [-0.1, -0.05) is 29.3 Å². The third-order valence-corrected chi connectivity index (χ3v) is 3.90. The van der Waals surface area contributed by atoms with Crippen molar-refractivity contribution in [1.29, 1.82) is 0 Å². The number of rotatable bonds is 5. The zero-order valence-electron chi connectivity index (χ0n) is 13.7. The highest BCUT2D eigenvalue weighted by atomic mass is 35.5. The van der Waals surface area contributed by atoms with Crippen molar-refractivity contribution < 1.29 is 14.1 Å². The van der Waals surface area contributed by atoms with E-state index >= 15 is 0 Å². The summed E-state index contributed by atoms with van der Waals surface area (Å²) in [4.78, 5) is 16.1. The molecule has 0 spiro atoms. The number of hydrogen-bond acceptors (Lipinski definition) is 5. The highest BCUT2D eigenvalue weighted by Crippen LogP contribution is 2.21. The summed E-state index contributed by atoms with van der Waals surface area (Å²) in [5.74, 6) is 0.607. The van der Waals surface area contributed by atoms with Crippen LogP contribution in [0.3, 0.4) is 0 Å². The molecule has 0 fully saturated rings. The van der Waals surface area contributed by atoms with Crippen LogP contribution in [-0.4, -0.2) is 22.7 Å². The van der Waals surface area contributed by atoms with Gasteiger partial charge in [0.2, 0.25) is 0 Å². The molecule has 0 unspecified atom stereocenters. The number of benzene rings is 2. The third-order valence-electron chi connectivity index (χ3n) is 3.48. The first-order valence-electron chi connectivity index (χ1n) is 7.61. The summed E-state index contributed by atoms with van der Waals surface area (Å²) in [6, 6.07) is 12.8. The summed E-state index contributed by atoms with van der Waals surface area (Å²) in [6.45, 7) is 3.68. The molecule has 1 amide bonds. The van der Waals surface area contributed by atoms with E-state index in [1.807, 2.05) is 38.1 Å². The van der Waals surface area contributed by atoms with Crippen molar-refractivity contribution in [3.8, 4) is 17.2 Å². The van der Waals surface area contributed by atoms with Crippen molar-refractivity contribution in [2.24, 2.45) is 0 Å². The SMILES string of the molecule is Cc1ccc(-c2nc(NC(=O)COc3ccc(Cl)c(C)c3)no2)cc1. The van der Waals surface area contributed by atoms with Crippen molar-refractivity contribution in [2.45, 2.75) is 13.8 Å². The molecule has 25 heavy (non-hydrogen) atoms. The lowest BCUT2D eigenvalue weighted by atomic mass is 10.1. The number of anilines is 1. The Bertz CT molecular complexity index is 891. The minimum Gasteiger partial charge on any atom is -0.484 e. The number of hydrogen-bond donors (Lipinski definition) is 1. The second kappa shape index (κ2) is 7.36. The van der Waals surface area contributed by atoms with Crippen LogP contribution in [0.15, 0.2) is 47.0 Å². The Balaban J connectivity index is 1.58. The molecule has 0 bridgehead atoms. The van der Waals surface area contributed by atoms with E-state index in [2.05, 4.69) is 15.5 Å². The predicted octanol–water partition coefficient (Wildman–Crippen LogP) is 4.02. The molecule has 1 aromatic heterocycles. The fourth-order valence-electron chi connectivity index (χ4n) is 2.10. The second-order valence-corrected chi connectivity index (χ2v) is 5.94. The molecule has 0 aliphatic heterocycles. The number of aromatic nitrogens is 2. The lowest BCUT2D eigenvalue weighted by Crippen LogP contribution is -2.20. The van der Waals surface area contributed by atoms with Crippen LogP contribution in [0.4, 0.5) is 5.95 Å². The monoisotopic (exact) mass is 357 g/mol. The van der Waals surface area contributed by atoms with E-state index in [4.69, 9.17) is 20.9 Å². The molecule has 3 aromatic rings. The number of carbonyl (C=O) groups is 1. The summed E-state index contributed by atoms with van der Waals surface area (Å²) in [7, 11) is 0. The summed E-state index contributed by atoms with van der Waals surface area (Å²) < 4.78 is 10.6. The smallest absolute Gasteiger partial charge is 0.270 e. The van der Waals surface area contributed by atoms with Gasteiger partial charge in [-0.15, -0.1) is 0 Å². The summed E-state index contributed by atoms with van der Waals surface area (Å²) in [5.41, 5.74) is 2.79. The molecule has 3 rings (SSSR count). The zero-order valence-corrected chi connectivity index (χ0v) is 14.5. The molecule has 6 nitrogen and oxygen atoms in total. The molecule has 128 valence electrons. The largest absolute Gasteiger partial charge is 0.484 e. The molecule has 1 heterocycles. The molecule has 0 atom stereocenters. The molecule has 7 heteroatoms. The average Bonchev–Trinajstić information content (AvgIpc) is 3.05. The molecule has 1 N–H and O–H groups in total. The Hall–Kier alpha value is -2.86. The van der Waals surface area contributed by atoms with E-state index < -0.39 is 0 Å². The summed E-state index contributed by atoms with van der Waals surface area (Å²) >= 11 is 5.95. The maximum Gasteiger partial charge on any atom is 0.270 e. The molecular formula is C18H16ClN3O3. The third kappa shape index (κ3) is 4.36. The standard InChI is InChI=1S/C18H16ClN3O3/c1-11-3-5-13(6-4-11)17-21-18(22-25-17)20-16(23)10-24-14-7-8-15(19)12(2)9-14/h3-9H,10H2,1-2H3,(H,20,22,23). The van der Waals surface area contributed by atoms with Gasteiger partial charge in [-0.3, -0.25) is 10.1 Å². The van der Waals surface area contributed by atoms with Gasteiger partial charge in [0.1, 0.15) is 5.75 Å². The minimum atomic E-state index is -0.385. The maximum absolute atomic E-state index is 11.9. The zero-order chi connectivity index (χ0) is 17.8. The van der Waals surface area contributed by atoms with Gasteiger partial charge in [-0.2, -0.15) is 4.98 Å². The predicted molar refractivity (Wildman–Crippen MR) is 94.8 cm³/mol. The number of nitrogens with one attached hydrogen (secondary N) is 1. The molecule has 0 saturated carbocycles. The van der Waals surface area contributed by atoms with Crippen molar-refractivity contribution in [1.82, 2.24) is 10.1 Å². The van der Waals surface area contributed by atoms with Gasteiger partial charge in [0.15, 0.2) is 6.61 Å². The van der Waals surface area contributed by atoms with Crippen LogP contribution in [0.1, 0.15) is 11.1 Å². The van der Waals surface area contributed by atoms with Gasteiger partial charge in [-0.05, 0) is 54.9 Å². The van der Waals surface area contributed by atoms with Crippen LogP contribution in [0.5, 0.6) is 5.75 Å².